The van der Waals surface area contributed by atoms with E-state index in [2.05, 4.69) is 48.6 Å². The number of fused-ring (bicyclic) bond motifs is 6. The van der Waals surface area contributed by atoms with Gasteiger partial charge in [0, 0.05) is 0 Å². The first-order valence-electron chi connectivity index (χ1n) is 15.3. The van der Waals surface area contributed by atoms with Gasteiger partial charge in [0.05, 0.1) is 44.8 Å². The van der Waals surface area contributed by atoms with Crippen molar-refractivity contribution in [2.45, 2.75) is 96.3 Å². The zero-order valence-corrected chi connectivity index (χ0v) is 23.0. The van der Waals surface area contributed by atoms with Crippen LogP contribution < -0.4 is 0 Å². The second-order valence-electron chi connectivity index (χ2n) is 11.7. The summed E-state index contributed by atoms with van der Waals surface area (Å²) in [6.45, 7) is 0. The molecule has 0 aliphatic heterocycles. The molecule has 0 saturated heterocycles. The molecule has 4 nitrogen and oxygen atoms in total. The minimum Gasteiger partial charge on any atom is -0.249 e. The van der Waals surface area contributed by atoms with E-state index in [0.29, 0.717) is 0 Å². The first-order valence-corrected chi connectivity index (χ1v) is 15.3. The van der Waals surface area contributed by atoms with Crippen LogP contribution in [-0.2, 0) is 25.7 Å². The Labute approximate surface area is 231 Å². The van der Waals surface area contributed by atoms with Crippen LogP contribution in [0.25, 0.3) is 46.4 Å². The summed E-state index contributed by atoms with van der Waals surface area (Å²) >= 11 is 0. The quantitative estimate of drug-likeness (QED) is 0.207. The SMILES string of the molecule is C1=Cc2cc3nc4c(nc3cc2/C=C\c2cc3nc5c(nc3cc21)CCCCCCCC5)CCCCCCC4. The van der Waals surface area contributed by atoms with Gasteiger partial charge in [-0.2, -0.15) is 0 Å². The van der Waals surface area contributed by atoms with Crippen LogP contribution in [0.15, 0.2) is 24.3 Å². The monoisotopic (exact) mass is 514 g/mol. The van der Waals surface area contributed by atoms with Gasteiger partial charge in [-0.1, -0.05) is 69.2 Å². The predicted molar refractivity (Wildman–Crippen MR) is 163 cm³/mol. The molecule has 2 aromatic carbocycles. The van der Waals surface area contributed by atoms with Crippen LogP contribution in [0.2, 0.25) is 0 Å². The maximum absolute atomic E-state index is 5.16. The van der Waals surface area contributed by atoms with Gasteiger partial charge in [-0.3, -0.25) is 0 Å². The van der Waals surface area contributed by atoms with Crippen molar-refractivity contribution in [1.29, 1.82) is 0 Å². The third kappa shape index (κ3) is 5.26. The van der Waals surface area contributed by atoms with Crippen LogP contribution in [0.3, 0.4) is 0 Å². The zero-order chi connectivity index (χ0) is 26.0. The van der Waals surface area contributed by atoms with Crippen LogP contribution in [0.1, 0.15) is 116 Å². The molecule has 39 heavy (non-hydrogen) atoms. The minimum atomic E-state index is 1.01. The first-order chi connectivity index (χ1) is 19.3. The Kier molecular flexibility index (Phi) is 6.94. The van der Waals surface area contributed by atoms with E-state index in [0.717, 1.165) is 47.8 Å². The van der Waals surface area contributed by atoms with Crippen LogP contribution in [0, 0.1) is 0 Å². The van der Waals surface area contributed by atoms with Crippen LogP contribution >= 0.6 is 0 Å². The molecule has 198 valence electrons. The van der Waals surface area contributed by atoms with Crippen molar-refractivity contribution in [2.75, 3.05) is 0 Å². The number of rotatable bonds is 0. The van der Waals surface area contributed by atoms with Gasteiger partial charge >= 0.3 is 0 Å². The number of aromatic nitrogens is 4. The molecule has 0 atom stereocenters. The molecule has 0 unspecified atom stereocenters. The van der Waals surface area contributed by atoms with E-state index in [-0.39, 0.29) is 0 Å². The average Bonchev–Trinajstić information content (AvgIpc) is 3.06. The Morgan fingerprint density at radius 2 is 0.538 bits per heavy atom. The van der Waals surface area contributed by atoms with Crippen molar-refractivity contribution in [3.63, 3.8) is 0 Å². The van der Waals surface area contributed by atoms with Gasteiger partial charge in [0.2, 0.25) is 0 Å². The standard InChI is InChI=1S/C35H38N4/c1-2-5-9-13-29-28(12-8-4-1)36-32-20-24-16-18-26-22-34-35(23-27(26)19-17-25(24)21-33(32)37-29)39-31-15-11-7-3-6-10-14-30(31)38-34/h16-23H,1-15H2/b18-16-,19-17?,24-16?,25-17?,26-18?,27-19?. The van der Waals surface area contributed by atoms with Gasteiger partial charge in [-0.15, -0.1) is 0 Å². The van der Waals surface area contributed by atoms with E-state index in [1.807, 2.05) is 0 Å². The molecule has 0 radical (unpaired) electrons. The second-order valence-corrected chi connectivity index (χ2v) is 11.7. The molecule has 2 heterocycles. The molecule has 0 bridgehead atoms. The maximum atomic E-state index is 5.16. The highest BCUT2D eigenvalue weighted by Crippen LogP contribution is 2.30. The smallest absolute Gasteiger partial charge is 0.0896 e. The van der Waals surface area contributed by atoms with Crippen LogP contribution in [-0.4, -0.2) is 19.9 Å². The number of nitrogens with zero attached hydrogens (tertiary/aromatic N) is 4. The van der Waals surface area contributed by atoms with Crippen molar-refractivity contribution in [3.8, 4) is 0 Å². The second kappa shape index (κ2) is 11.0. The lowest BCUT2D eigenvalue weighted by atomic mass is 9.96. The summed E-state index contributed by atoms with van der Waals surface area (Å²) in [4.78, 5) is 20.6. The lowest BCUT2D eigenvalue weighted by molar-refractivity contribution is 0.573. The normalized spacial score (nSPS) is 18.9. The van der Waals surface area contributed by atoms with E-state index < -0.39 is 0 Å². The summed E-state index contributed by atoms with van der Waals surface area (Å²) in [7, 11) is 0. The fraction of sp³-hybridized carbons (Fsp3) is 0.429. The molecule has 4 heteroatoms. The van der Waals surface area contributed by atoms with E-state index in [1.165, 1.54) is 116 Å². The Hall–Kier alpha value is -3.40. The molecule has 0 saturated carbocycles. The maximum Gasteiger partial charge on any atom is 0.0896 e. The van der Waals surface area contributed by atoms with Gasteiger partial charge in [-0.05, 0) is 97.9 Å². The predicted octanol–water partition coefficient (Wildman–Crippen LogP) is 8.72. The lowest BCUT2D eigenvalue weighted by Gasteiger charge is -2.14. The Morgan fingerprint density at radius 1 is 0.308 bits per heavy atom. The van der Waals surface area contributed by atoms with Crippen molar-refractivity contribution in [1.82, 2.24) is 19.9 Å². The summed E-state index contributed by atoms with van der Waals surface area (Å²) in [5.41, 5.74) is 13.7. The third-order valence-corrected chi connectivity index (χ3v) is 8.84. The van der Waals surface area contributed by atoms with Gasteiger partial charge in [0.1, 0.15) is 0 Å². The van der Waals surface area contributed by atoms with Crippen LogP contribution in [0.5, 0.6) is 0 Å². The largest absolute Gasteiger partial charge is 0.249 e. The molecule has 0 spiro atoms. The van der Waals surface area contributed by atoms with Crippen molar-refractivity contribution < 1.29 is 0 Å². The highest BCUT2D eigenvalue weighted by atomic mass is 14.8. The molecule has 7 rings (SSSR count). The molecule has 0 N–H and O–H groups in total. The third-order valence-electron chi connectivity index (χ3n) is 8.84. The molecule has 3 aliphatic rings. The molecule has 0 fully saturated rings. The van der Waals surface area contributed by atoms with Crippen molar-refractivity contribution >= 4 is 46.4 Å². The highest BCUT2D eigenvalue weighted by Gasteiger charge is 2.15. The van der Waals surface area contributed by atoms with Gasteiger partial charge < -0.3 is 0 Å². The van der Waals surface area contributed by atoms with Crippen molar-refractivity contribution in [3.05, 3.63) is 69.3 Å². The summed E-state index contributed by atoms with van der Waals surface area (Å²) < 4.78 is 0. The van der Waals surface area contributed by atoms with E-state index in [9.17, 15) is 0 Å². The Balaban J connectivity index is 1.26. The van der Waals surface area contributed by atoms with Gasteiger partial charge in [-0.25, -0.2) is 19.9 Å². The summed E-state index contributed by atoms with van der Waals surface area (Å²) in [6.07, 6.45) is 27.3. The number of benzene rings is 2. The summed E-state index contributed by atoms with van der Waals surface area (Å²) in [6, 6.07) is 8.92. The Bertz CT molecular complexity index is 1480. The lowest BCUT2D eigenvalue weighted by Crippen LogP contribution is -2.05. The average molecular weight is 515 g/mol. The fourth-order valence-electron chi connectivity index (χ4n) is 6.56. The minimum absolute atomic E-state index is 1.01. The molecule has 0 amide bonds. The number of hydrogen-bond acceptors (Lipinski definition) is 4. The molecular formula is C35H38N4. The van der Waals surface area contributed by atoms with E-state index >= 15 is 0 Å². The molecule has 2 aromatic heterocycles. The van der Waals surface area contributed by atoms with Gasteiger partial charge in [0.25, 0.3) is 0 Å². The van der Waals surface area contributed by atoms with E-state index in [1.54, 1.807) is 0 Å². The van der Waals surface area contributed by atoms with E-state index in [4.69, 9.17) is 19.9 Å². The molecule has 3 aliphatic carbocycles. The first kappa shape index (κ1) is 24.6. The van der Waals surface area contributed by atoms with Crippen molar-refractivity contribution in [2.24, 2.45) is 0 Å². The molecule has 4 aromatic rings. The highest BCUT2D eigenvalue weighted by molar-refractivity contribution is 5.94. The summed E-state index contributed by atoms with van der Waals surface area (Å²) in [5, 5.41) is 0. The number of hydrogen-bond donors (Lipinski definition) is 0. The molecular weight excluding hydrogens is 476 g/mol. The van der Waals surface area contributed by atoms with Crippen LogP contribution in [0.4, 0.5) is 0 Å². The number of aryl methyl sites for hydroxylation is 4. The Morgan fingerprint density at radius 3 is 0.795 bits per heavy atom. The summed E-state index contributed by atoms with van der Waals surface area (Å²) in [5.74, 6) is 0. The fourth-order valence-corrected chi connectivity index (χ4v) is 6.56. The zero-order valence-electron chi connectivity index (χ0n) is 23.0. The topological polar surface area (TPSA) is 51.6 Å². The van der Waals surface area contributed by atoms with Gasteiger partial charge in [0.15, 0.2) is 0 Å².